The minimum atomic E-state index is -5.68. The van der Waals surface area contributed by atoms with Crippen LogP contribution in [0.15, 0.2) is 109 Å². The van der Waals surface area contributed by atoms with Crippen molar-refractivity contribution >= 4 is 43.6 Å². The van der Waals surface area contributed by atoms with Crippen LogP contribution in [0.3, 0.4) is 0 Å². The number of aromatic nitrogens is 2. The molecular weight excluding hydrogens is 831 g/mol. The van der Waals surface area contributed by atoms with Gasteiger partial charge in [0.1, 0.15) is 5.56 Å². The van der Waals surface area contributed by atoms with E-state index in [9.17, 15) is 57.9 Å². The van der Waals surface area contributed by atoms with Gasteiger partial charge in [-0.25, -0.2) is 0 Å². The van der Waals surface area contributed by atoms with Crippen molar-refractivity contribution < 1.29 is 65.9 Å². The molecule has 3 nitrogen and oxygen atoms in total. The number of rotatable bonds is 3. The predicted octanol–water partition coefficient (Wildman–Crippen LogP) is 14.5. The fourth-order valence-corrected chi connectivity index (χ4v) is 7.45. The van der Waals surface area contributed by atoms with Gasteiger partial charge >= 0.3 is 30.9 Å². The first-order valence-electron chi connectivity index (χ1n) is 17.1. The van der Waals surface area contributed by atoms with E-state index in [0.29, 0.717) is 57.7 Å². The maximum absolute atomic E-state index is 16.0. The third-order valence-electron chi connectivity index (χ3n) is 10.0. The van der Waals surface area contributed by atoms with Crippen molar-refractivity contribution in [3.63, 3.8) is 0 Å². The summed E-state index contributed by atoms with van der Waals surface area (Å²) in [5.41, 5.74) is -13.0. The standard InChI is InChI=1S/C42H18F15N3/c43-38(44,45)23-4-8-27-28-9-5-24(39(46,47)48)16-32(28)59(31(27)15-23)35-13-22(21-3-1-2-20(12-21)19-58)14-36(37(35)42(55,56)57)60-33-17-25(40(49,50)51)6-10-29(33)30-11-7-26(18-34(30)60)41(52,53)54/h1-18H. The second kappa shape index (κ2) is 13.2. The number of nitriles is 1. The number of halogens is 15. The lowest BCUT2D eigenvalue weighted by atomic mass is 9.98. The van der Waals surface area contributed by atoms with Crippen LogP contribution in [0, 0.1) is 11.3 Å². The zero-order chi connectivity index (χ0) is 43.5. The first-order chi connectivity index (χ1) is 27.9. The first kappa shape index (κ1) is 40.2. The molecule has 8 rings (SSSR count). The molecular formula is C42H18F15N3. The van der Waals surface area contributed by atoms with E-state index in [1.807, 2.05) is 6.07 Å². The van der Waals surface area contributed by atoms with Gasteiger partial charge in [-0.2, -0.15) is 71.1 Å². The Morgan fingerprint density at radius 1 is 0.367 bits per heavy atom. The van der Waals surface area contributed by atoms with E-state index in [1.165, 1.54) is 24.3 Å². The van der Waals surface area contributed by atoms with E-state index >= 15 is 13.2 Å². The fraction of sp³-hybridized carbons (Fsp3) is 0.119. The third-order valence-corrected chi connectivity index (χ3v) is 10.0. The fourth-order valence-electron chi connectivity index (χ4n) is 7.45. The van der Waals surface area contributed by atoms with E-state index in [-0.39, 0.29) is 38.2 Å². The second-order valence-corrected chi connectivity index (χ2v) is 13.7. The molecule has 0 atom stereocenters. The largest absolute Gasteiger partial charge is 0.420 e. The van der Waals surface area contributed by atoms with Gasteiger partial charge in [0.15, 0.2) is 0 Å². The summed E-state index contributed by atoms with van der Waals surface area (Å²) in [6, 6.07) is 15.7. The number of benzene rings is 6. The number of hydrogen-bond acceptors (Lipinski definition) is 1. The molecule has 0 amide bonds. The quantitative estimate of drug-likeness (QED) is 0.163. The van der Waals surface area contributed by atoms with Crippen LogP contribution in [0.1, 0.15) is 33.4 Å². The van der Waals surface area contributed by atoms with Crippen molar-refractivity contribution in [2.24, 2.45) is 0 Å². The molecule has 0 saturated carbocycles. The van der Waals surface area contributed by atoms with Crippen molar-refractivity contribution in [2.45, 2.75) is 30.9 Å². The summed E-state index contributed by atoms with van der Waals surface area (Å²) in [5, 5.41) is 8.69. The molecule has 0 bridgehead atoms. The van der Waals surface area contributed by atoms with Gasteiger partial charge < -0.3 is 9.13 Å². The van der Waals surface area contributed by atoms with Gasteiger partial charge in [-0.3, -0.25) is 0 Å². The van der Waals surface area contributed by atoms with Crippen molar-refractivity contribution in [3.05, 3.63) is 143 Å². The summed E-state index contributed by atoms with van der Waals surface area (Å²) in [4.78, 5) is 0. The molecule has 0 aliphatic carbocycles. The molecule has 18 heteroatoms. The molecule has 0 spiro atoms. The highest BCUT2D eigenvalue weighted by atomic mass is 19.4. The average molecular weight is 850 g/mol. The van der Waals surface area contributed by atoms with Crippen LogP contribution in [-0.4, -0.2) is 9.13 Å². The summed E-state index contributed by atoms with van der Waals surface area (Å²) in [7, 11) is 0. The van der Waals surface area contributed by atoms with Crippen molar-refractivity contribution in [3.8, 4) is 28.6 Å². The van der Waals surface area contributed by atoms with Crippen LogP contribution in [0.4, 0.5) is 65.9 Å². The molecule has 8 aromatic rings. The Labute approximate surface area is 325 Å². The lowest BCUT2D eigenvalue weighted by molar-refractivity contribution is -0.138. The summed E-state index contributed by atoms with van der Waals surface area (Å²) in [5.74, 6) is 0. The lowest BCUT2D eigenvalue weighted by Gasteiger charge is -2.23. The molecule has 0 N–H and O–H groups in total. The highest BCUT2D eigenvalue weighted by molar-refractivity contribution is 6.11. The molecule has 0 fully saturated rings. The minimum absolute atomic E-state index is 0.0641. The van der Waals surface area contributed by atoms with Crippen LogP contribution in [-0.2, 0) is 30.9 Å². The van der Waals surface area contributed by atoms with Gasteiger partial charge in [-0.1, -0.05) is 36.4 Å². The predicted molar refractivity (Wildman–Crippen MR) is 190 cm³/mol. The second-order valence-electron chi connectivity index (χ2n) is 13.7. The van der Waals surface area contributed by atoms with Crippen LogP contribution in [0.25, 0.3) is 66.1 Å². The van der Waals surface area contributed by atoms with Crippen molar-refractivity contribution in [2.75, 3.05) is 0 Å². The Balaban J connectivity index is 1.65. The Kier molecular flexibility index (Phi) is 8.82. The molecule has 2 aromatic heterocycles. The van der Waals surface area contributed by atoms with E-state index < -0.39 is 92.1 Å². The normalized spacial score (nSPS) is 13.2. The van der Waals surface area contributed by atoms with Crippen LogP contribution in [0.2, 0.25) is 0 Å². The topological polar surface area (TPSA) is 33.6 Å². The summed E-state index contributed by atoms with van der Waals surface area (Å²) in [6.45, 7) is 0. The van der Waals surface area contributed by atoms with E-state index in [2.05, 4.69) is 0 Å². The number of nitrogens with zero attached hydrogens (tertiary/aromatic N) is 3. The first-order valence-corrected chi connectivity index (χ1v) is 17.1. The maximum Gasteiger partial charge on any atom is 0.420 e. The summed E-state index contributed by atoms with van der Waals surface area (Å²) < 4.78 is 220. The molecule has 60 heavy (non-hydrogen) atoms. The maximum atomic E-state index is 16.0. The molecule has 2 heterocycles. The van der Waals surface area contributed by atoms with Crippen LogP contribution >= 0.6 is 0 Å². The van der Waals surface area contributed by atoms with Crippen molar-refractivity contribution in [1.29, 1.82) is 5.26 Å². The Bertz CT molecular complexity index is 2780. The number of fused-ring (bicyclic) bond motifs is 6. The molecule has 0 radical (unpaired) electrons. The van der Waals surface area contributed by atoms with E-state index in [0.717, 1.165) is 36.4 Å². The summed E-state index contributed by atoms with van der Waals surface area (Å²) >= 11 is 0. The van der Waals surface area contributed by atoms with Crippen LogP contribution < -0.4 is 0 Å². The SMILES string of the molecule is N#Cc1cccc(-c2cc(-n3c4cc(C(F)(F)F)ccc4c4ccc(C(F)(F)F)cc43)c(C(F)(F)F)c(-n3c4cc(C(F)(F)F)ccc4c4ccc(C(F)(F)F)cc43)c2)c1. The Hall–Kier alpha value is -6.64. The molecule has 0 saturated heterocycles. The van der Waals surface area contributed by atoms with Gasteiger partial charge in [-0.05, 0) is 83.9 Å². The molecule has 306 valence electrons. The zero-order valence-electron chi connectivity index (χ0n) is 29.4. The smallest absolute Gasteiger partial charge is 0.308 e. The van der Waals surface area contributed by atoms with E-state index in [1.54, 1.807) is 0 Å². The zero-order valence-corrected chi connectivity index (χ0v) is 29.4. The average Bonchev–Trinajstić information content (AvgIpc) is 3.67. The Morgan fingerprint density at radius 2 is 0.700 bits per heavy atom. The lowest BCUT2D eigenvalue weighted by Crippen LogP contribution is -2.17. The molecule has 0 aliphatic rings. The third kappa shape index (κ3) is 6.71. The highest BCUT2D eigenvalue weighted by Gasteiger charge is 2.41. The Morgan fingerprint density at radius 3 is 0.983 bits per heavy atom. The minimum Gasteiger partial charge on any atom is -0.308 e. The van der Waals surface area contributed by atoms with Gasteiger partial charge in [-0.15, -0.1) is 0 Å². The van der Waals surface area contributed by atoms with Gasteiger partial charge in [0, 0.05) is 21.5 Å². The molecule has 0 unspecified atom stereocenters. The van der Waals surface area contributed by atoms with Gasteiger partial charge in [0.05, 0.1) is 67.3 Å². The van der Waals surface area contributed by atoms with E-state index in [4.69, 9.17) is 0 Å². The molecule has 6 aromatic carbocycles. The monoisotopic (exact) mass is 849 g/mol. The van der Waals surface area contributed by atoms with Crippen molar-refractivity contribution in [1.82, 2.24) is 9.13 Å². The summed E-state index contributed by atoms with van der Waals surface area (Å²) in [6.07, 6.45) is -26.2. The van der Waals surface area contributed by atoms with Gasteiger partial charge in [0.25, 0.3) is 0 Å². The molecule has 0 aliphatic heterocycles. The van der Waals surface area contributed by atoms with Gasteiger partial charge in [0.2, 0.25) is 0 Å². The number of hydrogen-bond donors (Lipinski definition) is 0. The van der Waals surface area contributed by atoms with Crippen LogP contribution in [0.5, 0.6) is 0 Å². The highest BCUT2D eigenvalue weighted by Crippen LogP contribution is 2.48. The number of alkyl halides is 15.